The summed E-state index contributed by atoms with van der Waals surface area (Å²) < 4.78 is 0.782. The molecular weight excluding hydrogens is 272 g/mol. The highest BCUT2D eigenvalue weighted by Crippen LogP contribution is 2.24. The van der Waals surface area contributed by atoms with Crippen LogP contribution in [0.4, 0.5) is 5.69 Å². The van der Waals surface area contributed by atoms with Gasteiger partial charge in [-0.05, 0) is 24.8 Å². The first kappa shape index (κ1) is 13.1. The van der Waals surface area contributed by atoms with Crippen LogP contribution in [-0.2, 0) is 6.42 Å². The highest BCUT2D eigenvalue weighted by Gasteiger charge is 2.09. The topological polar surface area (TPSA) is 69.2 Å². The quantitative estimate of drug-likeness (QED) is 0.668. The summed E-state index contributed by atoms with van der Waals surface area (Å²) in [6, 6.07) is 5.04. The first-order chi connectivity index (χ1) is 7.54. The van der Waals surface area contributed by atoms with E-state index in [0.29, 0.717) is 0 Å². The van der Waals surface area contributed by atoms with Crippen LogP contribution >= 0.6 is 15.9 Å². The van der Waals surface area contributed by atoms with E-state index in [1.165, 1.54) is 12.1 Å². The van der Waals surface area contributed by atoms with Gasteiger partial charge in [-0.1, -0.05) is 28.9 Å². The smallest absolute Gasteiger partial charge is 0.270 e. The lowest BCUT2D eigenvalue weighted by Crippen LogP contribution is -2.19. The van der Waals surface area contributed by atoms with Crippen molar-refractivity contribution in [3.05, 3.63) is 38.3 Å². The fraction of sp³-hybridized carbons (Fsp3) is 0.455. The zero-order valence-corrected chi connectivity index (χ0v) is 10.7. The Hall–Kier alpha value is -0.940. The van der Waals surface area contributed by atoms with Crippen LogP contribution in [0.3, 0.4) is 0 Å². The maximum absolute atomic E-state index is 10.5. The van der Waals surface area contributed by atoms with Crippen LogP contribution in [0, 0.1) is 10.1 Å². The van der Waals surface area contributed by atoms with Gasteiger partial charge >= 0.3 is 0 Å². The van der Waals surface area contributed by atoms with Gasteiger partial charge in [0.05, 0.1) is 4.92 Å². The monoisotopic (exact) mass is 286 g/mol. The van der Waals surface area contributed by atoms with Crippen LogP contribution in [0.15, 0.2) is 22.7 Å². The molecule has 1 aromatic carbocycles. The Bertz CT molecular complexity index is 382. The van der Waals surface area contributed by atoms with Crippen molar-refractivity contribution in [1.29, 1.82) is 0 Å². The van der Waals surface area contributed by atoms with Gasteiger partial charge < -0.3 is 5.73 Å². The predicted molar refractivity (Wildman–Crippen MR) is 67.4 cm³/mol. The molecule has 16 heavy (non-hydrogen) atoms. The average Bonchev–Trinajstić information content (AvgIpc) is 2.26. The number of halogens is 1. The van der Waals surface area contributed by atoms with E-state index < -0.39 is 4.92 Å². The Labute approximate surface area is 103 Å². The molecule has 4 nitrogen and oxygen atoms in total. The standard InChI is InChI=1S/C11H15BrN2O2/c1-2-9(13)5-3-8-4-6-10(14(15)16)7-11(8)12/h4,6-7,9H,2-3,5,13H2,1H3. The van der Waals surface area contributed by atoms with Crippen molar-refractivity contribution in [2.75, 3.05) is 0 Å². The number of hydrogen-bond acceptors (Lipinski definition) is 3. The van der Waals surface area contributed by atoms with Crippen LogP contribution in [0.5, 0.6) is 0 Å². The minimum atomic E-state index is -0.397. The minimum absolute atomic E-state index is 0.107. The maximum Gasteiger partial charge on any atom is 0.270 e. The lowest BCUT2D eigenvalue weighted by atomic mass is 10.0. The van der Waals surface area contributed by atoms with E-state index in [9.17, 15) is 10.1 Å². The second-order valence-electron chi connectivity index (χ2n) is 3.74. The van der Waals surface area contributed by atoms with Crippen LogP contribution in [0.2, 0.25) is 0 Å². The summed E-state index contributed by atoms with van der Waals surface area (Å²) >= 11 is 3.34. The van der Waals surface area contributed by atoms with E-state index in [1.54, 1.807) is 6.07 Å². The van der Waals surface area contributed by atoms with E-state index in [0.717, 1.165) is 29.3 Å². The summed E-state index contributed by atoms with van der Waals surface area (Å²) in [6.45, 7) is 2.05. The van der Waals surface area contributed by atoms with Gasteiger partial charge in [-0.2, -0.15) is 0 Å². The molecule has 0 fully saturated rings. The highest BCUT2D eigenvalue weighted by atomic mass is 79.9. The molecule has 2 N–H and O–H groups in total. The van der Waals surface area contributed by atoms with Gasteiger partial charge in [-0.3, -0.25) is 10.1 Å². The first-order valence-electron chi connectivity index (χ1n) is 5.23. The lowest BCUT2D eigenvalue weighted by Gasteiger charge is -2.09. The predicted octanol–water partition coefficient (Wildman–Crippen LogP) is 3.03. The summed E-state index contributed by atoms with van der Waals surface area (Å²) in [6.07, 6.45) is 2.69. The number of non-ortho nitro benzene ring substituents is 1. The molecule has 88 valence electrons. The van der Waals surface area contributed by atoms with Gasteiger partial charge in [-0.15, -0.1) is 0 Å². The number of rotatable bonds is 5. The molecule has 0 radical (unpaired) electrons. The van der Waals surface area contributed by atoms with Crippen molar-refractivity contribution in [2.24, 2.45) is 5.73 Å². The number of nitro groups is 1. The lowest BCUT2D eigenvalue weighted by molar-refractivity contribution is -0.384. The van der Waals surface area contributed by atoms with Crippen LogP contribution in [-0.4, -0.2) is 11.0 Å². The van der Waals surface area contributed by atoms with Crippen molar-refractivity contribution in [3.8, 4) is 0 Å². The summed E-state index contributed by atoms with van der Waals surface area (Å²) in [5, 5.41) is 10.5. The summed E-state index contributed by atoms with van der Waals surface area (Å²) in [5.74, 6) is 0. The fourth-order valence-corrected chi connectivity index (χ4v) is 1.96. The van der Waals surface area contributed by atoms with Crippen molar-refractivity contribution >= 4 is 21.6 Å². The van der Waals surface area contributed by atoms with Crippen molar-refractivity contribution < 1.29 is 4.92 Å². The van der Waals surface area contributed by atoms with Crippen molar-refractivity contribution in [3.63, 3.8) is 0 Å². The average molecular weight is 287 g/mol. The fourth-order valence-electron chi connectivity index (χ4n) is 1.40. The van der Waals surface area contributed by atoms with Crippen LogP contribution in [0.1, 0.15) is 25.3 Å². The summed E-state index contributed by atoms with van der Waals surface area (Å²) in [5.41, 5.74) is 7.00. The van der Waals surface area contributed by atoms with E-state index >= 15 is 0 Å². The number of benzene rings is 1. The molecule has 0 aliphatic carbocycles. The Kier molecular flexibility index (Phi) is 4.89. The molecular formula is C11H15BrN2O2. The number of nitro benzene ring substituents is 1. The molecule has 5 heteroatoms. The number of nitrogens with two attached hydrogens (primary N) is 1. The molecule has 1 unspecified atom stereocenters. The van der Waals surface area contributed by atoms with Gasteiger partial charge in [0.25, 0.3) is 5.69 Å². The highest BCUT2D eigenvalue weighted by molar-refractivity contribution is 9.10. The summed E-state index contributed by atoms with van der Waals surface area (Å²) in [7, 11) is 0. The molecule has 0 aliphatic rings. The Morgan fingerprint density at radius 1 is 1.56 bits per heavy atom. The molecule has 1 atom stereocenters. The molecule has 0 aliphatic heterocycles. The van der Waals surface area contributed by atoms with E-state index in [-0.39, 0.29) is 11.7 Å². The molecule has 0 heterocycles. The van der Waals surface area contributed by atoms with Crippen LogP contribution < -0.4 is 5.73 Å². The molecule has 0 saturated heterocycles. The first-order valence-corrected chi connectivity index (χ1v) is 6.02. The van der Waals surface area contributed by atoms with Crippen LogP contribution in [0.25, 0.3) is 0 Å². The molecule has 1 aromatic rings. The van der Waals surface area contributed by atoms with Crippen molar-refractivity contribution in [2.45, 2.75) is 32.2 Å². The van der Waals surface area contributed by atoms with E-state index in [1.807, 2.05) is 0 Å². The second kappa shape index (κ2) is 5.96. The third kappa shape index (κ3) is 3.57. The molecule has 0 bridgehead atoms. The normalized spacial score (nSPS) is 12.4. The number of nitrogens with zero attached hydrogens (tertiary/aromatic N) is 1. The molecule has 0 amide bonds. The SMILES string of the molecule is CCC(N)CCc1ccc([N+](=O)[O-])cc1Br. The number of hydrogen-bond donors (Lipinski definition) is 1. The molecule has 0 spiro atoms. The van der Waals surface area contributed by atoms with E-state index in [4.69, 9.17) is 5.73 Å². The van der Waals surface area contributed by atoms with Gasteiger partial charge in [0.15, 0.2) is 0 Å². The third-order valence-corrected chi connectivity index (χ3v) is 3.29. The van der Waals surface area contributed by atoms with Gasteiger partial charge in [0.1, 0.15) is 0 Å². The maximum atomic E-state index is 10.5. The Morgan fingerprint density at radius 3 is 2.75 bits per heavy atom. The van der Waals surface area contributed by atoms with Crippen molar-refractivity contribution in [1.82, 2.24) is 0 Å². The third-order valence-electron chi connectivity index (χ3n) is 2.56. The van der Waals surface area contributed by atoms with E-state index in [2.05, 4.69) is 22.9 Å². The summed E-state index contributed by atoms with van der Waals surface area (Å²) in [4.78, 5) is 10.1. The Morgan fingerprint density at radius 2 is 2.25 bits per heavy atom. The van der Waals surface area contributed by atoms with Gasteiger partial charge in [0.2, 0.25) is 0 Å². The Balaban J connectivity index is 2.72. The minimum Gasteiger partial charge on any atom is -0.328 e. The second-order valence-corrected chi connectivity index (χ2v) is 4.59. The molecule has 0 saturated carbocycles. The molecule has 1 rings (SSSR count). The van der Waals surface area contributed by atoms with Gasteiger partial charge in [-0.25, -0.2) is 0 Å². The zero-order valence-electron chi connectivity index (χ0n) is 9.15. The largest absolute Gasteiger partial charge is 0.328 e. The molecule has 0 aromatic heterocycles. The van der Waals surface area contributed by atoms with Gasteiger partial charge in [0, 0.05) is 22.6 Å². The number of aryl methyl sites for hydroxylation is 1. The zero-order chi connectivity index (χ0) is 12.1.